The van der Waals surface area contributed by atoms with Gasteiger partial charge in [0.2, 0.25) is 5.91 Å². The number of benzene rings is 3. The molecule has 0 saturated carbocycles. The zero-order chi connectivity index (χ0) is 26.5. The quantitative estimate of drug-likeness (QED) is 0.363. The normalized spacial score (nSPS) is 11.4. The SMILES string of the molecule is Cc1c(NC(=O)c2cccc(NC(=O)[C@@H](C)NC(=O)c3ccccc3)c2)c(=O)n(-c2ccccc2)n1C. The molecule has 0 saturated heterocycles. The van der Waals surface area contributed by atoms with E-state index in [0.717, 1.165) is 0 Å². The van der Waals surface area contributed by atoms with Crippen molar-refractivity contribution in [1.29, 1.82) is 0 Å². The van der Waals surface area contributed by atoms with Gasteiger partial charge in [-0.15, -0.1) is 0 Å². The molecule has 4 rings (SSSR count). The van der Waals surface area contributed by atoms with Gasteiger partial charge in [0.1, 0.15) is 11.7 Å². The Morgan fingerprint density at radius 2 is 1.41 bits per heavy atom. The molecule has 0 radical (unpaired) electrons. The number of anilines is 2. The van der Waals surface area contributed by atoms with Gasteiger partial charge in [0.15, 0.2) is 0 Å². The maximum absolute atomic E-state index is 13.1. The Morgan fingerprint density at radius 1 is 0.784 bits per heavy atom. The van der Waals surface area contributed by atoms with Gasteiger partial charge in [0, 0.05) is 23.9 Å². The van der Waals surface area contributed by atoms with Gasteiger partial charge < -0.3 is 16.0 Å². The molecule has 0 fully saturated rings. The number of hydrogen-bond acceptors (Lipinski definition) is 4. The number of amides is 3. The number of carbonyl (C=O) groups excluding carboxylic acids is 3. The van der Waals surface area contributed by atoms with E-state index < -0.39 is 17.9 Å². The lowest BCUT2D eigenvalue weighted by Crippen LogP contribution is -2.41. The average Bonchev–Trinajstić information content (AvgIpc) is 3.12. The van der Waals surface area contributed by atoms with Crippen molar-refractivity contribution < 1.29 is 14.4 Å². The summed E-state index contributed by atoms with van der Waals surface area (Å²) in [4.78, 5) is 51.1. The highest BCUT2D eigenvalue weighted by Gasteiger charge is 2.20. The molecular formula is C28H27N5O4. The molecule has 188 valence electrons. The largest absolute Gasteiger partial charge is 0.341 e. The second-order valence-corrected chi connectivity index (χ2v) is 8.52. The highest BCUT2D eigenvalue weighted by atomic mass is 16.2. The third-order valence-corrected chi connectivity index (χ3v) is 5.96. The summed E-state index contributed by atoms with van der Waals surface area (Å²) in [5.74, 6) is -1.30. The van der Waals surface area contributed by atoms with Crippen molar-refractivity contribution in [3.63, 3.8) is 0 Å². The van der Waals surface area contributed by atoms with E-state index in [1.807, 2.05) is 30.3 Å². The van der Waals surface area contributed by atoms with E-state index in [1.54, 1.807) is 74.1 Å². The summed E-state index contributed by atoms with van der Waals surface area (Å²) >= 11 is 0. The second-order valence-electron chi connectivity index (χ2n) is 8.52. The van der Waals surface area contributed by atoms with Gasteiger partial charge in [-0.25, -0.2) is 4.68 Å². The first-order chi connectivity index (χ1) is 17.8. The van der Waals surface area contributed by atoms with Crippen LogP contribution in [0, 0.1) is 6.92 Å². The maximum Gasteiger partial charge on any atom is 0.295 e. The van der Waals surface area contributed by atoms with Gasteiger partial charge in [0.25, 0.3) is 17.4 Å². The molecule has 1 heterocycles. The molecule has 0 spiro atoms. The number of rotatable bonds is 7. The van der Waals surface area contributed by atoms with Crippen LogP contribution in [0.5, 0.6) is 0 Å². The summed E-state index contributed by atoms with van der Waals surface area (Å²) in [6.07, 6.45) is 0. The molecule has 1 aromatic heterocycles. The summed E-state index contributed by atoms with van der Waals surface area (Å²) in [7, 11) is 1.74. The zero-order valence-corrected chi connectivity index (χ0v) is 20.7. The Morgan fingerprint density at radius 3 is 2.08 bits per heavy atom. The van der Waals surface area contributed by atoms with Crippen LogP contribution in [0.1, 0.15) is 33.3 Å². The molecular weight excluding hydrogens is 470 g/mol. The molecule has 3 amide bonds. The molecule has 37 heavy (non-hydrogen) atoms. The minimum absolute atomic E-state index is 0.169. The van der Waals surface area contributed by atoms with Gasteiger partial charge in [-0.1, -0.05) is 42.5 Å². The summed E-state index contributed by atoms with van der Waals surface area (Å²) in [6, 6.07) is 23.3. The topological polar surface area (TPSA) is 114 Å². The van der Waals surface area contributed by atoms with E-state index >= 15 is 0 Å². The number of nitrogens with zero attached hydrogens (tertiary/aromatic N) is 2. The molecule has 9 nitrogen and oxygen atoms in total. The van der Waals surface area contributed by atoms with Crippen LogP contribution in [0.2, 0.25) is 0 Å². The molecule has 1 atom stereocenters. The lowest BCUT2D eigenvalue weighted by molar-refractivity contribution is -0.117. The molecule has 9 heteroatoms. The van der Waals surface area contributed by atoms with Crippen LogP contribution < -0.4 is 21.5 Å². The van der Waals surface area contributed by atoms with E-state index in [9.17, 15) is 19.2 Å². The van der Waals surface area contributed by atoms with Crippen molar-refractivity contribution in [2.45, 2.75) is 19.9 Å². The summed E-state index contributed by atoms with van der Waals surface area (Å²) in [5.41, 5.74) is 2.17. The molecule has 0 aliphatic carbocycles. The minimum atomic E-state index is -0.811. The van der Waals surface area contributed by atoms with Crippen molar-refractivity contribution in [3.05, 3.63) is 112 Å². The van der Waals surface area contributed by atoms with E-state index in [4.69, 9.17) is 0 Å². The van der Waals surface area contributed by atoms with Gasteiger partial charge >= 0.3 is 0 Å². The number of hydrogen-bond donors (Lipinski definition) is 3. The Labute approximate surface area is 213 Å². The van der Waals surface area contributed by atoms with E-state index in [1.165, 1.54) is 10.7 Å². The van der Waals surface area contributed by atoms with Crippen molar-refractivity contribution in [2.24, 2.45) is 7.05 Å². The van der Waals surface area contributed by atoms with Crippen molar-refractivity contribution >= 4 is 29.1 Å². The minimum Gasteiger partial charge on any atom is -0.341 e. The third-order valence-electron chi connectivity index (χ3n) is 5.96. The average molecular weight is 498 g/mol. The Hall–Kier alpha value is -4.92. The van der Waals surface area contributed by atoms with Crippen LogP contribution in [0.4, 0.5) is 11.4 Å². The Balaban J connectivity index is 1.46. The molecule has 0 aliphatic rings. The third kappa shape index (κ3) is 5.51. The highest BCUT2D eigenvalue weighted by molar-refractivity contribution is 6.06. The standard InChI is InChI=1S/C28H27N5O4/c1-18(29-26(35)20-11-6-4-7-12-20)25(34)30-22-14-10-13-21(17-22)27(36)31-24-19(2)32(3)33(28(24)37)23-15-8-5-9-16-23/h4-18H,1-3H3,(H,29,35)(H,30,34)(H,31,36)/t18-/m1/s1. The first-order valence-corrected chi connectivity index (χ1v) is 11.7. The number of para-hydroxylation sites is 1. The summed E-state index contributed by atoms with van der Waals surface area (Å²) in [5, 5.41) is 8.07. The van der Waals surface area contributed by atoms with Crippen LogP contribution in [-0.4, -0.2) is 33.1 Å². The highest BCUT2D eigenvalue weighted by Crippen LogP contribution is 2.17. The lowest BCUT2D eigenvalue weighted by atomic mass is 10.1. The Kier molecular flexibility index (Phi) is 7.34. The van der Waals surface area contributed by atoms with E-state index in [-0.39, 0.29) is 22.7 Å². The predicted molar refractivity (Wildman–Crippen MR) is 142 cm³/mol. The fraction of sp³-hybridized carbons (Fsp3) is 0.143. The fourth-order valence-electron chi connectivity index (χ4n) is 3.82. The molecule has 0 aliphatic heterocycles. The van der Waals surface area contributed by atoms with Crippen LogP contribution in [-0.2, 0) is 11.8 Å². The van der Waals surface area contributed by atoms with Crippen molar-refractivity contribution in [3.8, 4) is 5.69 Å². The molecule has 4 aromatic rings. The zero-order valence-electron chi connectivity index (χ0n) is 20.7. The maximum atomic E-state index is 13.1. The van der Waals surface area contributed by atoms with Gasteiger partial charge in [-0.2, -0.15) is 0 Å². The monoisotopic (exact) mass is 497 g/mol. The van der Waals surface area contributed by atoms with Gasteiger partial charge in [-0.05, 0) is 56.3 Å². The smallest absolute Gasteiger partial charge is 0.295 e. The van der Waals surface area contributed by atoms with E-state index in [0.29, 0.717) is 22.6 Å². The van der Waals surface area contributed by atoms with Crippen molar-refractivity contribution in [1.82, 2.24) is 14.7 Å². The van der Waals surface area contributed by atoms with E-state index in [2.05, 4.69) is 16.0 Å². The van der Waals surface area contributed by atoms with Crippen LogP contribution in [0.15, 0.2) is 89.7 Å². The molecule has 0 bridgehead atoms. The van der Waals surface area contributed by atoms with Crippen molar-refractivity contribution in [2.75, 3.05) is 10.6 Å². The second kappa shape index (κ2) is 10.8. The first kappa shape index (κ1) is 25.2. The fourth-order valence-corrected chi connectivity index (χ4v) is 3.82. The van der Waals surface area contributed by atoms with Gasteiger partial charge in [0.05, 0.1) is 11.4 Å². The predicted octanol–water partition coefficient (Wildman–Crippen LogP) is 3.49. The molecule has 3 N–H and O–H groups in total. The summed E-state index contributed by atoms with van der Waals surface area (Å²) < 4.78 is 3.15. The van der Waals surface area contributed by atoms with Crippen LogP contribution >= 0.6 is 0 Å². The summed E-state index contributed by atoms with van der Waals surface area (Å²) in [6.45, 7) is 3.32. The number of carbonyl (C=O) groups is 3. The van der Waals surface area contributed by atoms with Crippen LogP contribution in [0.3, 0.4) is 0 Å². The molecule has 0 unspecified atom stereocenters. The lowest BCUT2D eigenvalue weighted by Gasteiger charge is -2.14. The van der Waals surface area contributed by atoms with Gasteiger partial charge in [-0.3, -0.25) is 23.9 Å². The number of aromatic nitrogens is 2. The Bertz CT molecular complexity index is 1510. The molecule has 3 aromatic carbocycles. The number of nitrogens with one attached hydrogen (secondary N) is 3. The van der Waals surface area contributed by atoms with Crippen LogP contribution in [0.25, 0.3) is 5.69 Å². The first-order valence-electron chi connectivity index (χ1n) is 11.7.